The summed E-state index contributed by atoms with van der Waals surface area (Å²) in [6.07, 6.45) is 3.77. The van der Waals surface area contributed by atoms with Gasteiger partial charge >= 0.3 is 0 Å². The summed E-state index contributed by atoms with van der Waals surface area (Å²) in [7, 11) is 0. The second kappa shape index (κ2) is 7.54. The van der Waals surface area contributed by atoms with E-state index in [9.17, 15) is 0 Å². The molecule has 0 aliphatic heterocycles. The summed E-state index contributed by atoms with van der Waals surface area (Å²) in [6, 6.07) is 41.9. The SMILES string of the molecule is c1cc(-c2ccc3cnccc3c2)cc(-c2ccc3ccc4ccc5ccccc5c4c3c2)c1. The number of nitrogens with zero attached hydrogens (tertiary/aromatic N) is 1. The first-order valence-electron chi connectivity index (χ1n) is 11.6. The van der Waals surface area contributed by atoms with Crippen LogP contribution in [0.1, 0.15) is 0 Å². The molecule has 0 bridgehead atoms. The Kier molecular flexibility index (Phi) is 4.22. The Morgan fingerprint density at radius 3 is 1.88 bits per heavy atom. The van der Waals surface area contributed by atoms with E-state index in [1.54, 1.807) is 0 Å². The van der Waals surface area contributed by atoms with Crippen molar-refractivity contribution in [2.75, 3.05) is 0 Å². The summed E-state index contributed by atoms with van der Waals surface area (Å²) in [4.78, 5) is 4.23. The summed E-state index contributed by atoms with van der Waals surface area (Å²) in [5, 5.41) is 10.1. The van der Waals surface area contributed by atoms with E-state index >= 15 is 0 Å². The molecule has 34 heavy (non-hydrogen) atoms. The fourth-order valence-electron chi connectivity index (χ4n) is 5.15. The van der Waals surface area contributed by atoms with Gasteiger partial charge in [-0.25, -0.2) is 0 Å². The zero-order valence-corrected chi connectivity index (χ0v) is 18.6. The minimum absolute atomic E-state index is 1.16. The van der Waals surface area contributed by atoms with Gasteiger partial charge in [-0.2, -0.15) is 0 Å². The van der Waals surface area contributed by atoms with Crippen molar-refractivity contribution in [1.29, 1.82) is 0 Å². The lowest BCUT2D eigenvalue weighted by Crippen LogP contribution is -1.85. The predicted molar refractivity (Wildman–Crippen MR) is 145 cm³/mol. The number of aromatic nitrogens is 1. The van der Waals surface area contributed by atoms with Crippen molar-refractivity contribution in [3.63, 3.8) is 0 Å². The van der Waals surface area contributed by atoms with Crippen molar-refractivity contribution in [3.05, 3.63) is 128 Å². The maximum atomic E-state index is 4.23. The Labute approximate surface area is 197 Å². The summed E-state index contributed by atoms with van der Waals surface area (Å²) < 4.78 is 0. The molecule has 0 aliphatic carbocycles. The molecule has 6 aromatic carbocycles. The zero-order valence-electron chi connectivity index (χ0n) is 18.6. The maximum absolute atomic E-state index is 4.23. The highest BCUT2D eigenvalue weighted by Crippen LogP contribution is 2.35. The van der Waals surface area contributed by atoms with E-state index in [0.29, 0.717) is 0 Å². The first-order valence-corrected chi connectivity index (χ1v) is 11.6. The van der Waals surface area contributed by atoms with Gasteiger partial charge < -0.3 is 0 Å². The van der Waals surface area contributed by atoms with Crippen molar-refractivity contribution in [3.8, 4) is 22.3 Å². The van der Waals surface area contributed by atoms with Gasteiger partial charge in [-0.05, 0) is 84.2 Å². The topological polar surface area (TPSA) is 12.9 Å². The number of benzene rings is 6. The van der Waals surface area contributed by atoms with Gasteiger partial charge in [0.25, 0.3) is 0 Å². The molecule has 0 unspecified atom stereocenters. The number of fused-ring (bicyclic) bond motifs is 6. The molecule has 0 aliphatic rings. The van der Waals surface area contributed by atoms with Crippen molar-refractivity contribution >= 4 is 43.1 Å². The van der Waals surface area contributed by atoms with Crippen LogP contribution >= 0.6 is 0 Å². The van der Waals surface area contributed by atoms with Crippen molar-refractivity contribution in [1.82, 2.24) is 4.98 Å². The van der Waals surface area contributed by atoms with Crippen LogP contribution in [0.4, 0.5) is 0 Å². The zero-order chi connectivity index (χ0) is 22.5. The largest absolute Gasteiger partial charge is 0.264 e. The van der Waals surface area contributed by atoms with E-state index in [4.69, 9.17) is 0 Å². The van der Waals surface area contributed by atoms with Gasteiger partial charge in [-0.3, -0.25) is 4.98 Å². The average Bonchev–Trinajstić information content (AvgIpc) is 2.92. The van der Waals surface area contributed by atoms with Gasteiger partial charge in [0.05, 0.1) is 0 Å². The standard InChI is InChI=1S/C33H21N/c1-2-7-31-22(4-1)8-11-24-12-9-23-10-13-28(20-32(23)33(24)31)26-6-3-5-25(18-26)27-14-15-30-21-34-17-16-29(30)19-27/h1-21H. The number of hydrogen-bond acceptors (Lipinski definition) is 1. The van der Waals surface area contributed by atoms with Crippen LogP contribution in [0.3, 0.4) is 0 Å². The Hall–Kier alpha value is -4.49. The number of rotatable bonds is 2. The molecule has 0 spiro atoms. The monoisotopic (exact) mass is 431 g/mol. The van der Waals surface area contributed by atoms with Crippen molar-refractivity contribution < 1.29 is 0 Å². The van der Waals surface area contributed by atoms with Crippen LogP contribution in [0.15, 0.2) is 128 Å². The summed E-state index contributed by atoms with van der Waals surface area (Å²) in [5.41, 5.74) is 4.91. The minimum atomic E-state index is 1.16. The second-order valence-electron chi connectivity index (χ2n) is 8.90. The van der Waals surface area contributed by atoms with E-state index in [2.05, 4.69) is 120 Å². The normalized spacial score (nSPS) is 11.5. The lowest BCUT2D eigenvalue weighted by Gasteiger charge is -2.11. The molecule has 1 heterocycles. The summed E-state index contributed by atoms with van der Waals surface area (Å²) >= 11 is 0. The molecule has 158 valence electrons. The summed E-state index contributed by atoms with van der Waals surface area (Å²) in [6.45, 7) is 0. The third-order valence-corrected chi connectivity index (χ3v) is 6.90. The molecule has 0 saturated heterocycles. The molecule has 0 N–H and O–H groups in total. The van der Waals surface area contributed by atoms with Crippen LogP contribution in [0.5, 0.6) is 0 Å². The van der Waals surface area contributed by atoms with Crippen LogP contribution in [-0.2, 0) is 0 Å². The maximum Gasteiger partial charge on any atom is 0.0346 e. The van der Waals surface area contributed by atoms with Gasteiger partial charge in [-0.1, -0.05) is 91.0 Å². The van der Waals surface area contributed by atoms with Gasteiger partial charge in [0.1, 0.15) is 0 Å². The van der Waals surface area contributed by atoms with E-state index < -0.39 is 0 Å². The Morgan fingerprint density at radius 1 is 0.382 bits per heavy atom. The Morgan fingerprint density at radius 2 is 1.03 bits per heavy atom. The molecular weight excluding hydrogens is 410 g/mol. The van der Waals surface area contributed by atoms with Gasteiger partial charge in [-0.15, -0.1) is 0 Å². The van der Waals surface area contributed by atoms with Crippen LogP contribution in [0.25, 0.3) is 65.3 Å². The van der Waals surface area contributed by atoms with Crippen LogP contribution in [0.2, 0.25) is 0 Å². The third-order valence-electron chi connectivity index (χ3n) is 6.90. The Balaban J connectivity index is 1.42. The van der Waals surface area contributed by atoms with E-state index in [0.717, 1.165) is 5.39 Å². The predicted octanol–water partition coefficient (Wildman–Crippen LogP) is 9.03. The smallest absolute Gasteiger partial charge is 0.0346 e. The number of pyridine rings is 1. The lowest BCUT2D eigenvalue weighted by atomic mass is 9.93. The quantitative estimate of drug-likeness (QED) is 0.249. The van der Waals surface area contributed by atoms with Crippen molar-refractivity contribution in [2.24, 2.45) is 0 Å². The van der Waals surface area contributed by atoms with Crippen LogP contribution in [0, 0.1) is 0 Å². The van der Waals surface area contributed by atoms with Crippen LogP contribution in [-0.4, -0.2) is 4.98 Å². The second-order valence-corrected chi connectivity index (χ2v) is 8.90. The number of hydrogen-bond donors (Lipinski definition) is 0. The highest BCUT2D eigenvalue weighted by molar-refractivity contribution is 6.20. The highest BCUT2D eigenvalue weighted by atomic mass is 14.6. The van der Waals surface area contributed by atoms with E-state index in [-0.39, 0.29) is 0 Å². The molecule has 0 amide bonds. The molecule has 7 aromatic rings. The molecule has 1 aromatic heterocycles. The summed E-state index contributed by atoms with van der Waals surface area (Å²) in [5.74, 6) is 0. The molecule has 1 heteroatoms. The average molecular weight is 432 g/mol. The molecule has 0 radical (unpaired) electrons. The lowest BCUT2D eigenvalue weighted by molar-refractivity contribution is 1.36. The fourth-order valence-corrected chi connectivity index (χ4v) is 5.15. The highest BCUT2D eigenvalue weighted by Gasteiger charge is 2.08. The van der Waals surface area contributed by atoms with Crippen molar-refractivity contribution in [2.45, 2.75) is 0 Å². The van der Waals surface area contributed by atoms with Gasteiger partial charge in [0, 0.05) is 17.8 Å². The molecule has 1 nitrogen and oxygen atoms in total. The molecular formula is C33H21N. The molecule has 0 fully saturated rings. The minimum Gasteiger partial charge on any atom is -0.264 e. The Bertz CT molecular complexity index is 1860. The van der Waals surface area contributed by atoms with E-state index in [1.165, 1.54) is 60.0 Å². The third kappa shape index (κ3) is 3.06. The van der Waals surface area contributed by atoms with Crippen LogP contribution < -0.4 is 0 Å². The molecule has 7 rings (SSSR count). The van der Waals surface area contributed by atoms with Gasteiger partial charge in [0.2, 0.25) is 0 Å². The first-order chi connectivity index (χ1) is 16.8. The van der Waals surface area contributed by atoms with E-state index in [1.807, 2.05) is 12.4 Å². The molecule has 0 saturated carbocycles. The fraction of sp³-hybridized carbons (Fsp3) is 0. The molecule has 0 atom stereocenters. The van der Waals surface area contributed by atoms with Gasteiger partial charge in [0.15, 0.2) is 0 Å². The first kappa shape index (κ1) is 19.0.